The fourth-order valence-electron chi connectivity index (χ4n) is 3.21. The van der Waals surface area contributed by atoms with Crippen molar-refractivity contribution in [3.8, 4) is 17.0 Å². The molecule has 0 spiro atoms. The highest BCUT2D eigenvalue weighted by atomic mass is 16.5. The summed E-state index contributed by atoms with van der Waals surface area (Å²) in [6, 6.07) is 26.8. The number of aromatic nitrogens is 1. The van der Waals surface area contributed by atoms with E-state index in [1.54, 1.807) is 7.11 Å². The minimum absolute atomic E-state index is 0.279. The minimum atomic E-state index is -0.279. The average molecular weight is 395 g/mol. The molecule has 148 valence electrons. The topological polar surface area (TPSA) is 63.6 Å². The van der Waals surface area contributed by atoms with Gasteiger partial charge in [0.05, 0.1) is 29.6 Å². The Morgan fingerprint density at radius 2 is 1.63 bits per heavy atom. The molecule has 0 atom stereocenters. The van der Waals surface area contributed by atoms with E-state index >= 15 is 0 Å². The summed E-state index contributed by atoms with van der Waals surface area (Å²) in [6.45, 7) is 1.85. The quantitative estimate of drug-likeness (QED) is 0.379. The molecule has 0 aliphatic rings. The Bertz CT molecular complexity index is 1220. The predicted molar refractivity (Wildman–Crippen MR) is 120 cm³/mol. The van der Waals surface area contributed by atoms with Gasteiger partial charge in [-0.25, -0.2) is 10.4 Å². The van der Waals surface area contributed by atoms with Crippen molar-refractivity contribution in [1.82, 2.24) is 10.4 Å². The van der Waals surface area contributed by atoms with Crippen LogP contribution in [0.1, 0.15) is 22.8 Å². The number of hydrazone groups is 1. The third-order valence-corrected chi connectivity index (χ3v) is 4.86. The molecule has 1 N–H and O–H groups in total. The lowest BCUT2D eigenvalue weighted by Gasteiger charge is -2.09. The van der Waals surface area contributed by atoms with Crippen molar-refractivity contribution < 1.29 is 9.53 Å². The summed E-state index contributed by atoms with van der Waals surface area (Å²) in [5, 5.41) is 5.08. The molecule has 0 unspecified atom stereocenters. The van der Waals surface area contributed by atoms with E-state index in [1.165, 1.54) is 0 Å². The van der Waals surface area contributed by atoms with Crippen molar-refractivity contribution in [2.75, 3.05) is 7.11 Å². The maximum Gasteiger partial charge on any atom is 0.272 e. The lowest BCUT2D eigenvalue weighted by molar-refractivity contribution is 0.0956. The number of carbonyl (C=O) groups excluding carboxylic acids is 1. The number of nitrogens with one attached hydrogen (secondary N) is 1. The summed E-state index contributed by atoms with van der Waals surface area (Å²) in [4.78, 5) is 17.7. The highest BCUT2D eigenvalue weighted by Crippen LogP contribution is 2.24. The Hall–Kier alpha value is -3.99. The molecule has 0 radical (unpaired) electrons. The molecule has 0 aliphatic heterocycles. The van der Waals surface area contributed by atoms with Crippen molar-refractivity contribution in [2.24, 2.45) is 5.10 Å². The van der Waals surface area contributed by atoms with Crippen molar-refractivity contribution in [3.63, 3.8) is 0 Å². The summed E-state index contributed by atoms with van der Waals surface area (Å²) in [7, 11) is 1.62. The second kappa shape index (κ2) is 8.57. The molecule has 5 heteroatoms. The maximum absolute atomic E-state index is 13.0. The second-order valence-electron chi connectivity index (χ2n) is 6.80. The van der Waals surface area contributed by atoms with Crippen LogP contribution in [0, 0.1) is 0 Å². The first-order valence-corrected chi connectivity index (χ1v) is 9.60. The molecular formula is C25H21N3O2. The number of amides is 1. The highest BCUT2D eigenvalue weighted by Gasteiger charge is 2.13. The number of rotatable bonds is 5. The fraction of sp³-hybridized carbons (Fsp3) is 0.0800. The number of nitrogens with zero attached hydrogens (tertiary/aromatic N) is 2. The molecule has 0 saturated carbocycles. The third-order valence-electron chi connectivity index (χ3n) is 4.86. The zero-order valence-corrected chi connectivity index (χ0v) is 16.8. The number of methoxy groups -OCH3 is 1. The van der Waals surface area contributed by atoms with Gasteiger partial charge in [0.2, 0.25) is 0 Å². The van der Waals surface area contributed by atoms with E-state index < -0.39 is 0 Å². The van der Waals surface area contributed by atoms with Gasteiger partial charge in [-0.3, -0.25) is 4.79 Å². The smallest absolute Gasteiger partial charge is 0.272 e. The zero-order valence-electron chi connectivity index (χ0n) is 16.8. The summed E-state index contributed by atoms with van der Waals surface area (Å²) in [5.74, 6) is 0.492. The number of ether oxygens (including phenoxy) is 1. The van der Waals surface area contributed by atoms with E-state index in [2.05, 4.69) is 10.5 Å². The largest absolute Gasteiger partial charge is 0.497 e. The Labute approximate surface area is 175 Å². The number of hydrogen-bond acceptors (Lipinski definition) is 4. The van der Waals surface area contributed by atoms with Gasteiger partial charge >= 0.3 is 0 Å². The van der Waals surface area contributed by atoms with E-state index in [4.69, 9.17) is 9.72 Å². The van der Waals surface area contributed by atoms with E-state index in [0.29, 0.717) is 11.3 Å². The molecule has 1 amide bonds. The molecule has 4 rings (SSSR count). The van der Waals surface area contributed by atoms with Gasteiger partial charge in [-0.05, 0) is 48.9 Å². The van der Waals surface area contributed by atoms with E-state index in [9.17, 15) is 4.79 Å². The van der Waals surface area contributed by atoms with E-state index in [0.717, 1.165) is 33.5 Å². The first-order chi connectivity index (χ1) is 14.7. The lowest BCUT2D eigenvalue weighted by atomic mass is 10.0. The van der Waals surface area contributed by atoms with E-state index in [1.807, 2.05) is 91.9 Å². The Morgan fingerprint density at radius 1 is 0.933 bits per heavy atom. The average Bonchev–Trinajstić information content (AvgIpc) is 2.82. The minimum Gasteiger partial charge on any atom is -0.497 e. The van der Waals surface area contributed by atoms with Gasteiger partial charge < -0.3 is 4.74 Å². The SMILES string of the molecule is COc1ccc(/C(C)=N/NC(=O)c2cc(-c3ccccc3)nc3ccccc23)cc1. The van der Waals surface area contributed by atoms with Crippen molar-refractivity contribution >= 4 is 22.5 Å². The molecule has 1 heterocycles. The molecule has 5 nitrogen and oxygen atoms in total. The molecule has 1 aromatic heterocycles. The molecule has 30 heavy (non-hydrogen) atoms. The van der Waals surface area contributed by atoms with Gasteiger partial charge in [-0.2, -0.15) is 5.10 Å². The van der Waals surface area contributed by atoms with Crippen LogP contribution in [0.2, 0.25) is 0 Å². The van der Waals surface area contributed by atoms with Gasteiger partial charge in [0.1, 0.15) is 5.75 Å². The van der Waals surface area contributed by atoms with Gasteiger partial charge in [0, 0.05) is 10.9 Å². The van der Waals surface area contributed by atoms with Crippen LogP contribution in [-0.4, -0.2) is 23.7 Å². The Balaban J connectivity index is 1.66. The zero-order chi connectivity index (χ0) is 20.9. The number of benzene rings is 3. The van der Waals surface area contributed by atoms with E-state index in [-0.39, 0.29) is 5.91 Å². The van der Waals surface area contributed by atoms with Crippen molar-refractivity contribution in [3.05, 3.63) is 96.1 Å². The first-order valence-electron chi connectivity index (χ1n) is 9.60. The van der Waals surface area contributed by atoms with Crippen LogP contribution in [0.5, 0.6) is 5.75 Å². The van der Waals surface area contributed by atoms with Crippen LogP contribution in [0.3, 0.4) is 0 Å². The molecule has 4 aromatic rings. The van der Waals surface area contributed by atoms with Gasteiger partial charge in [-0.15, -0.1) is 0 Å². The van der Waals surface area contributed by atoms with Crippen LogP contribution in [-0.2, 0) is 0 Å². The Morgan fingerprint density at radius 3 is 2.37 bits per heavy atom. The van der Waals surface area contributed by atoms with Crippen LogP contribution < -0.4 is 10.2 Å². The summed E-state index contributed by atoms with van der Waals surface area (Å²) in [5.41, 5.74) is 7.29. The highest BCUT2D eigenvalue weighted by molar-refractivity contribution is 6.08. The van der Waals surface area contributed by atoms with Gasteiger partial charge in [0.15, 0.2) is 0 Å². The van der Waals surface area contributed by atoms with Crippen molar-refractivity contribution in [2.45, 2.75) is 6.92 Å². The van der Waals surface area contributed by atoms with Crippen LogP contribution in [0.25, 0.3) is 22.2 Å². The summed E-state index contributed by atoms with van der Waals surface area (Å²) in [6.07, 6.45) is 0. The van der Waals surface area contributed by atoms with Crippen LogP contribution >= 0.6 is 0 Å². The van der Waals surface area contributed by atoms with Crippen LogP contribution in [0.4, 0.5) is 0 Å². The fourth-order valence-corrected chi connectivity index (χ4v) is 3.21. The second-order valence-corrected chi connectivity index (χ2v) is 6.80. The standard InChI is InChI=1S/C25H21N3O2/c1-17(18-12-14-20(30-2)15-13-18)27-28-25(29)22-16-24(19-8-4-3-5-9-19)26-23-11-7-6-10-21(22)23/h3-16H,1-2H3,(H,28,29)/b27-17+. The first kappa shape index (κ1) is 19.3. The molecule has 3 aromatic carbocycles. The number of pyridine rings is 1. The third kappa shape index (κ3) is 4.05. The molecule has 0 aliphatic carbocycles. The number of hydrogen-bond donors (Lipinski definition) is 1. The Kier molecular flexibility index (Phi) is 5.52. The molecular weight excluding hydrogens is 374 g/mol. The number of para-hydroxylation sites is 1. The summed E-state index contributed by atoms with van der Waals surface area (Å²) >= 11 is 0. The van der Waals surface area contributed by atoms with Gasteiger partial charge in [0.25, 0.3) is 5.91 Å². The van der Waals surface area contributed by atoms with Gasteiger partial charge in [-0.1, -0.05) is 48.5 Å². The number of fused-ring (bicyclic) bond motifs is 1. The normalized spacial score (nSPS) is 11.3. The lowest BCUT2D eigenvalue weighted by Crippen LogP contribution is -2.20. The molecule has 0 saturated heterocycles. The number of carbonyl (C=O) groups is 1. The van der Waals surface area contributed by atoms with Crippen LogP contribution in [0.15, 0.2) is 90.0 Å². The molecule has 0 fully saturated rings. The summed E-state index contributed by atoms with van der Waals surface area (Å²) < 4.78 is 5.18. The van der Waals surface area contributed by atoms with Crippen molar-refractivity contribution in [1.29, 1.82) is 0 Å². The maximum atomic E-state index is 13.0. The molecule has 0 bridgehead atoms. The monoisotopic (exact) mass is 395 g/mol. The predicted octanol–water partition coefficient (Wildman–Crippen LogP) is 5.06.